The van der Waals surface area contributed by atoms with Gasteiger partial charge in [0, 0.05) is 9.80 Å². The van der Waals surface area contributed by atoms with Crippen molar-refractivity contribution >= 4 is 23.4 Å². The summed E-state index contributed by atoms with van der Waals surface area (Å²) < 4.78 is 0. The van der Waals surface area contributed by atoms with Crippen LogP contribution < -0.4 is 0 Å². The maximum Gasteiger partial charge on any atom is 0.0614 e. The fourth-order valence-corrected chi connectivity index (χ4v) is 1.61. The highest BCUT2D eigenvalue weighted by Crippen LogP contribution is 2.28. The molecule has 1 aromatic carbocycles. The van der Waals surface area contributed by atoms with E-state index in [2.05, 4.69) is 18.7 Å². The molecule has 64 valence electrons. The van der Waals surface area contributed by atoms with E-state index in [4.69, 9.17) is 11.6 Å². The van der Waals surface area contributed by atoms with E-state index in [1.54, 1.807) is 11.8 Å². The Kier molecular flexibility index (Phi) is 3.70. The van der Waals surface area contributed by atoms with Crippen LogP contribution in [0.4, 0.5) is 0 Å². The summed E-state index contributed by atoms with van der Waals surface area (Å²) in [4.78, 5) is 2.18. The van der Waals surface area contributed by atoms with Crippen molar-refractivity contribution in [3.05, 3.63) is 41.8 Å². The van der Waals surface area contributed by atoms with Gasteiger partial charge >= 0.3 is 0 Å². The average Bonchev–Trinajstić information content (AvgIpc) is 2.06. The van der Waals surface area contributed by atoms with Crippen molar-refractivity contribution in [1.29, 1.82) is 0 Å². The molecule has 1 atom stereocenters. The van der Waals surface area contributed by atoms with Crippen molar-refractivity contribution in [3.63, 3.8) is 0 Å². The second-order valence-electron chi connectivity index (χ2n) is 2.50. The summed E-state index contributed by atoms with van der Waals surface area (Å²) in [5, 5.41) is 0.0233. The van der Waals surface area contributed by atoms with E-state index in [-0.39, 0.29) is 5.38 Å². The van der Waals surface area contributed by atoms with Gasteiger partial charge in [-0.25, -0.2) is 0 Å². The predicted octanol–water partition coefficient (Wildman–Crippen LogP) is 3.92. The zero-order valence-electron chi connectivity index (χ0n) is 6.96. The number of allylic oxidation sites excluding steroid dienone is 1. The van der Waals surface area contributed by atoms with E-state index in [0.717, 1.165) is 4.91 Å². The molecule has 0 aliphatic carbocycles. The molecule has 0 nitrogen and oxygen atoms in total. The summed E-state index contributed by atoms with van der Waals surface area (Å²) in [6.07, 6.45) is 0. The van der Waals surface area contributed by atoms with Crippen LogP contribution in [0.3, 0.4) is 0 Å². The third-order valence-electron chi connectivity index (χ3n) is 1.44. The van der Waals surface area contributed by atoms with Gasteiger partial charge in [-0.3, -0.25) is 0 Å². The molecule has 12 heavy (non-hydrogen) atoms. The first-order chi connectivity index (χ1) is 5.70. The minimum Gasteiger partial charge on any atom is -0.118 e. The minimum atomic E-state index is 0.0233. The van der Waals surface area contributed by atoms with Crippen LogP contribution in [-0.2, 0) is 0 Å². The lowest BCUT2D eigenvalue weighted by Crippen LogP contribution is -1.89. The Labute approximate surface area is 82.6 Å². The summed E-state index contributed by atoms with van der Waals surface area (Å²) in [5.74, 6) is 0. The molecule has 0 saturated heterocycles. The molecule has 0 spiro atoms. The van der Waals surface area contributed by atoms with Crippen LogP contribution in [0.1, 0.15) is 6.92 Å². The van der Waals surface area contributed by atoms with Crippen LogP contribution >= 0.6 is 23.4 Å². The van der Waals surface area contributed by atoms with E-state index in [1.807, 2.05) is 25.1 Å². The quantitative estimate of drug-likeness (QED) is 0.524. The summed E-state index contributed by atoms with van der Waals surface area (Å²) in [7, 11) is 0. The second-order valence-corrected chi connectivity index (χ2v) is 4.35. The van der Waals surface area contributed by atoms with Gasteiger partial charge in [-0.15, -0.1) is 11.6 Å². The highest BCUT2D eigenvalue weighted by molar-refractivity contribution is 8.03. The molecule has 0 amide bonds. The van der Waals surface area contributed by atoms with Gasteiger partial charge in [-0.05, 0) is 19.1 Å². The number of halogens is 1. The highest BCUT2D eigenvalue weighted by Gasteiger charge is 2.03. The van der Waals surface area contributed by atoms with Gasteiger partial charge in [0.15, 0.2) is 0 Å². The molecule has 0 N–H and O–H groups in total. The molecule has 2 heteroatoms. The Balaban J connectivity index is 2.59. The molecular weight excluding hydrogens is 188 g/mol. The Hall–Kier alpha value is -0.400. The zero-order valence-corrected chi connectivity index (χ0v) is 8.53. The van der Waals surface area contributed by atoms with Gasteiger partial charge in [0.05, 0.1) is 5.38 Å². The minimum absolute atomic E-state index is 0.0233. The van der Waals surface area contributed by atoms with Gasteiger partial charge < -0.3 is 0 Å². The third-order valence-corrected chi connectivity index (χ3v) is 2.95. The number of rotatable bonds is 3. The molecule has 1 aromatic rings. The van der Waals surface area contributed by atoms with Crippen molar-refractivity contribution in [2.45, 2.75) is 17.2 Å². The number of hydrogen-bond donors (Lipinski definition) is 0. The number of hydrogen-bond acceptors (Lipinski definition) is 1. The molecule has 0 bridgehead atoms. The van der Waals surface area contributed by atoms with Crippen LogP contribution in [0.5, 0.6) is 0 Å². The SMILES string of the molecule is C=C(Sc1ccccc1)C(C)Cl. The molecule has 1 unspecified atom stereocenters. The molecule has 0 aliphatic rings. The molecule has 0 aromatic heterocycles. The average molecular weight is 199 g/mol. The Morgan fingerprint density at radius 2 is 2.00 bits per heavy atom. The van der Waals surface area contributed by atoms with E-state index in [9.17, 15) is 0 Å². The van der Waals surface area contributed by atoms with E-state index in [1.165, 1.54) is 4.90 Å². The van der Waals surface area contributed by atoms with Crippen molar-refractivity contribution in [2.75, 3.05) is 0 Å². The maximum atomic E-state index is 5.86. The zero-order chi connectivity index (χ0) is 8.97. The van der Waals surface area contributed by atoms with Crippen LogP contribution in [0.2, 0.25) is 0 Å². The highest BCUT2D eigenvalue weighted by atomic mass is 35.5. The van der Waals surface area contributed by atoms with Crippen molar-refractivity contribution < 1.29 is 0 Å². The standard InChI is InChI=1S/C10H11ClS/c1-8(11)9(2)12-10-6-4-3-5-7-10/h3-8H,2H2,1H3. The smallest absolute Gasteiger partial charge is 0.0614 e. The fraction of sp³-hybridized carbons (Fsp3) is 0.200. The van der Waals surface area contributed by atoms with Gasteiger partial charge in [-0.2, -0.15) is 0 Å². The fourth-order valence-electron chi connectivity index (χ4n) is 0.721. The summed E-state index contributed by atoms with van der Waals surface area (Å²) in [6.45, 7) is 5.81. The van der Waals surface area contributed by atoms with Crippen molar-refractivity contribution in [2.24, 2.45) is 0 Å². The van der Waals surface area contributed by atoms with Crippen LogP contribution in [0.25, 0.3) is 0 Å². The van der Waals surface area contributed by atoms with Gasteiger partial charge in [0.1, 0.15) is 0 Å². The lowest BCUT2D eigenvalue weighted by Gasteiger charge is -2.05. The first-order valence-electron chi connectivity index (χ1n) is 3.76. The van der Waals surface area contributed by atoms with Crippen LogP contribution in [0, 0.1) is 0 Å². The molecule has 0 saturated carbocycles. The molecule has 0 fully saturated rings. The van der Waals surface area contributed by atoms with Crippen LogP contribution in [-0.4, -0.2) is 5.38 Å². The Morgan fingerprint density at radius 3 is 2.50 bits per heavy atom. The first kappa shape index (κ1) is 9.69. The predicted molar refractivity (Wildman–Crippen MR) is 56.8 cm³/mol. The topological polar surface area (TPSA) is 0 Å². The van der Waals surface area contributed by atoms with Crippen molar-refractivity contribution in [1.82, 2.24) is 0 Å². The lowest BCUT2D eigenvalue weighted by atomic mass is 10.4. The monoisotopic (exact) mass is 198 g/mol. The largest absolute Gasteiger partial charge is 0.118 e. The first-order valence-corrected chi connectivity index (χ1v) is 5.01. The number of benzene rings is 1. The van der Waals surface area contributed by atoms with E-state index >= 15 is 0 Å². The Morgan fingerprint density at radius 1 is 1.42 bits per heavy atom. The summed E-state index contributed by atoms with van der Waals surface area (Å²) in [5.41, 5.74) is 0. The normalized spacial score (nSPS) is 12.5. The summed E-state index contributed by atoms with van der Waals surface area (Å²) in [6, 6.07) is 10.1. The molecule has 0 heterocycles. The molecule has 1 rings (SSSR count). The maximum absolute atomic E-state index is 5.86. The molecule has 0 aliphatic heterocycles. The van der Waals surface area contributed by atoms with E-state index in [0.29, 0.717) is 0 Å². The van der Waals surface area contributed by atoms with Gasteiger partial charge in [0.2, 0.25) is 0 Å². The number of thioether (sulfide) groups is 1. The lowest BCUT2D eigenvalue weighted by molar-refractivity contribution is 1.21. The van der Waals surface area contributed by atoms with Gasteiger partial charge in [-0.1, -0.05) is 36.5 Å². The summed E-state index contributed by atoms with van der Waals surface area (Å²) >= 11 is 7.48. The molecule has 0 radical (unpaired) electrons. The second kappa shape index (κ2) is 4.58. The van der Waals surface area contributed by atoms with Gasteiger partial charge in [0.25, 0.3) is 0 Å². The Bertz CT molecular complexity index is 254. The van der Waals surface area contributed by atoms with Crippen molar-refractivity contribution in [3.8, 4) is 0 Å². The molecular formula is C10H11ClS. The number of alkyl halides is 1. The third kappa shape index (κ3) is 2.92. The van der Waals surface area contributed by atoms with Crippen LogP contribution in [0.15, 0.2) is 46.7 Å². The van der Waals surface area contributed by atoms with E-state index < -0.39 is 0 Å².